The number of rotatable bonds is 4. The highest BCUT2D eigenvalue weighted by atomic mass is 32.1. The van der Waals surface area contributed by atoms with Crippen LogP contribution in [0.5, 0.6) is 0 Å². The van der Waals surface area contributed by atoms with Crippen molar-refractivity contribution in [3.63, 3.8) is 0 Å². The number of hydrogen-bond donors (Lipinski definition) is 1. The molecule has 0 saturated carbocycles. The molecule has 1 saturated heterocycles. The van der Waals surface area contributed by atoms with Crippen LogP contribution in [-0.2, 0) is 4.79 Å². The minimum atomic E-state index is -0.990. The number of hydrogen-bond acceptors (Lipinski definition) is 5. The SMILES string of the molecule is CC(=O)c1ccc(C(=O)N2C[C@H](N(C)C)C[C@H]2C(=O)O)s1. The average Bonchev–Trinajstić information content (AvgIpc) is 3.05. The van der Waals surface area contributed by atoms with Gasteiger partial charge in [-0.15, -0.1) is 11.3 Å². The summed E-state index contributed by atoms with van der Waals surface area (Å²) in [6.07, 6.45) is 0.416. The number of carbonyl (C=O) groups is 3. The van der Waals surface area contributed by atoms with Crippen LogP contribution in [0.2, 0.25) is 0 Å². The van der Waals surface area contributed by atoms with Crippen LogP contribution in [0.1, 0.15) is 32.7 Å². The molecule has 7 heteroatoms. The lowest BCUT2D eigenvalue weighted by molar-refractivity contribution is -0.141. The van der Waals surface area contributed by atoms with E-state index in [1.165, 1.54) is 11.8 Å². The molecule has 1 amide bonds. The molecule has 6 nitrogen and oxygen atoms in total. The molecule has 2 atom stereocenters. The Balaban J connectivity index is 2.23. The number of ketones is 1. The Kier molecular flexibility index (Phi) is 4.43. The van der Waals surface area contributed by atoms with Gasteiger partial charge in [0.05, 0.1) is 9.75 Å². The fourth-order valence-corrected chi connectivity index (χ4v) is 3.29. The predicted molar refractivity (Wildman–Crippen MR) is 78.9 cm³/mol. The van der Waals surface area contributed by atoms with Crippen LogP contribution in [0.15, 0.2) is 12.1 Å². The van der Waals surface area contributed by atoms with Gasteiger partial charge in [0, 0.05) is 12.6 Å². The molecule has 0 bridgehead atoms. The van der Waals surface area contributed by atoms with Gasteiger partial charge in [0.2, 0.25) is 0 Å². The molecular weight excluding hydrogens is 292 g/mol. The first-order valence-electron chi connectivity index (χ1n) is 6.62. The summed E-state index contributed by atoms with van der Waals surface area (Å²) in [7, 11) is 3.74. The summed E-state index contributed by atoms with van der Waals surface area (Å²) in [5.74, 6) is -1.40. The molecule has 0 spiro atoms. The second kappa shape index (κ2) is 5.95. The number of nitrogens with zero attached hydrogens (tertiary/aromatic N) is 2. The molecule has 114 valence electrons. The Bertz CT molecular complexity index is 581. The van der Waals surface area contributed by atoms with E-state index in [9.17, 15) is 19.5 Å². The highest BCUT2D eigenvalue weighted by Crippen LogP contribution is 2.26. The van der Waals surface area contributed by atoms with Gasteiger partial charge in [-0.3, -0.25) is 9.59 Å². The zero-order valence-electron chi connectivity index (χ0n) is 12.2. The van der Waals surface area contributed by atoms with Crippen LogP contribution in [-0.4, -0.2) is 65.3 Å². The second-order valence-corrected chi connectivity index (χ2v) is 6.47. The third-order valence-corrected chi connectivity index (χ3v) is 4.89. The number of carboxylic acids is 1. The standard InChI is InChI=1S/C14H18N2O4S/c1-8(17)11-4-5-12(21-11)13(18)16-7-9(15(2)3)6-10(16)14(19)20/h4-5,9-10H,6-7H2,1-3H3,(H,19,20)/t9-,10+/m1/s1. The Labute approximate surface area is 127 Å². The van der Waals surface area contributed by atoms with Crippen LogP contribution in [0, 0.1) is 0 Å². The van der Waals surface area contributed by atoms with Gasteiger partial charge in [-0.1, -0.05) is 0 Å². The van der Waals surface area contributed by atoms with Crippen molar-refractivity contribution in [2.75, 3.05) is 20.6 Å². The molecular formula is C14H18N2O4S. The summed E-state index contributed by atoms with van der Waals surface area (Å²) < 4.78 is 0. The van der Waals surface area contributed by atoms with Crippen molar-refractivity contribution in [3.8, 4) is 0 Å². The van der Waals surface area contributed by atoms with Crippen molar-refractivity contribution in [3.05, 3.63) is 21.9 Å². The van der Waals surface area contributed by atoms with Gasteiger partial charge in [-0.2, -0.15) is 0 Å². The van der Waals surface area contributed by atoms with Gasteiger partial charge in [-0.05, 0) is 39.6 Å². The van der Waals surface area contributed by atoms with Crippen molar-refractivity contribution in [2.24, 2.45) is 0 Å². The number of likely N-dealkylation sites (N-methyl/N-ethyl adjacent to an activating group) is 1. The Hall–Kier alpha value is -1.73. The van der Waals surface area contributed by atoms with E-state index in [0.717, 1.165) is 11.3 Å². The zero-order chi connectivity index (χ0) is 15.7. The molecule has 1 aliphatic rings. The summed E-state index contributed by atoms with van der Waals surface area (Å²) in [6, 6.07) is 2.41. The molecule has 1 aromatic heterocycles. The van der Waals surface area contributed by atoms with Crippen LogP contribution < -0.4 is 0 Å². The molecule has 2 heterocycles. The lowest BCUT2D eigenvalue weighted by atomic mass is 10.1. The molecule has 1 fully saturated rings. The quantitative estimate of drug-likeness (QED) is 0.845. The maximum atomic E-state index is 12.5. The minimum absolute atomic E-state index is 0.0299. The molecule has 1 N–H and O–H groups in total. The first kappa shape index (κ1) is 15.7. The number of carboxylic acid groups (broad SMARTS) is 1. The van der Waals surface area contributed by atoms with Crippen molar-refractivity contribution in [2.45, 2.75) is 25.4 Å². The van der Waals surface area contributed by atoms with E-state index in [4.69, 9.17) is 0 Å². The molecule has 1 aliphatic heterocycles. The monoisotopic (exact) mass is 310 g/mol. The van der Waals surface area contributed by atoms with Crippen LogP contribution in [0.4, 0.5) is 0 Å². The van der Waals surface area contributed by atoms with Gasteiger partial charge in [0.1, 0.15) is 6.04 Å². The summed E-state index contributed by atoms with van der Waals surface area (Å²) in [5.41, 5.74) is 0. The maximum Gasteiger partial charge on any atom is 0.326 e. The van der Waals surface area contributed by atoms with Gasteiger partial charge in [-0.25, -0.2) is 4.79 Å². The van der Waals surface area contributed by atoms with Crippen molar-refractivity contribution in [1.29, 1.82) is 0 Å². The van der Waals surface area contributed by atoms with Crippen LogP contribution >= 0.6 is 11.3 Å². The molecule has 0 aliphatic carbocycles. The van der Waals surface area contributed by atoms with Crippen molar-refractivity contribution in [1.82, 2.24) is 9.80 Å². The number of Topliss-reactive ketones (excluding diaryl/α,β-unsaturated/α-hetero) is 1. The first-order chi connectivity index (χ1) is 9.81. The van der Waals surface area contributed by atoms with E-state index in [0.29, 0.717) is 22.7 Å². The van der Waals surface area contributed by atoms with E-state index < -0.39 is 12.0 Å². The Morgan fingerprint density at radius 2 is 1.90 bits per heavy atom. The van der Waals surface area contributed by atoms with E-state index in [2.05, 4.69) is 0 Å². The summed E-state index contributed by atoms with van der Waals surface area (Å²) >= 11 is 1.11. The summed E-state index contributed by atoms with van der Waals surface area (Å²) in [5, 5.41) is 9.31. The van der Waals surface area contributed by atoms with Gasteiger partial charge in [0.25, 0.3) is 5.91 Å². The number of thiophene rings is 1. The molecule has 1 aromatic rings. The zero-order valence-corrected chi connectivity index (χ0v) is 13.0. The fraction of sp³-hybridized carbons (Fsp3) is 0.500. The number of aliphatic carboxylic acids is 1. The number of carbonyl (C=O) groups excluding carboxylic acids is 2. The fourth-order valence-electron chi connectivity index (χ4n) is 2.43. The predicted octanol–water partition coefficient (Wildman–Crippen LogP) is 1.18. The minimum Gasteiger partial charge on any atom is -0.480 e. The van der Waals surface area contributed by atoms with Gasteiger partial charge >= 0.3 is 5.97 Å². The first-order valence-corrected chi connectivity index (χ1v) is 7.44. The van der Waals surface area contributed by atoms with E-state index in [-0.39, 0.29) is 17.7 Å². The van der Waals surface area contributed by atoms with Crippen LogP contribution in [0.25, 0.3) is 0 Å². The van der Waals surface area contributed by atoms with Gasteiger partial charge < -0.3 is 14.9 Å². The topological polar surface area (TPSA) is 77.9 Å². The highest BCUT2D eigenvalue weighted by Gasteiger charge is 2.41. The maximum absolute atomic E-state index is 12.5. The van der Waals surface area contributed by atoms with E-state index >= 15 is 0 Å². The lowest BCUT2D eigenvalue weighted by Gasteiger charge is -2.21. The Morgan fingerprint density at radius 3 is 2.38 bits per heavy atom. The van der Waals surface area contributed by atoms with Crippen LogP contribution in [0.3, 0.4) is 0 Å². The number of likely N-dealkylation sites (tertiary alicyclic amines) is 1. The third-order valence-electron chi connectivity index (χ3n) is 3.72. The smallest absolute Gasteiger partial charge is 0.326 e. The molecule has 0 aromatic carbocycles. The second-order valence-electron chi connectivity index (χ2n) is 5.38. The Morgan fingerprint density at radius 1 is 1.29 bits per heavy atom. The average molecular weight is 310 g/mol. The largest absolute Gasteiger partial charge is 0.480 e. The van der Waals surface area contributed by atoms with Gasteiger partial charge in [0.15, 0.2) is 5.78 Å². The summed E-state index contributed by atoms with van der Waals surface area (Å²) in [4.78, 5) is 39.4. The normalized spacial score (nSPS) is 21.8. The molecule has 0 radical (unpaired) electrons. The molecule has 2 rings (SSSR count). The molecule has 21 heavy (non-hydrogen) atoms. The van der Waals surface area contributed by atoms with E-state index in [1.807, 2.05) is 19.0 Å². The summed E-state index contributed by atoms with van der Waals surface area (Å²) in [6.45, 7) is 1.83. The lowest BCUT2D eigenvalue weighted by Crippen LogP contribution is -2.40. The van der Waals surface area contributed by atoms with E-state index in [1.54, 1.807) is 12.1 Å². The van der Waals surface area contributed by atoms with Crippen molar-refractivity contribution < 1.29 is 19.5 Å². The van der Waals surface area contributed by atoms with Crippen molar-refractivity contribution >= 4 is 29.0 Å². The number of amides is 1. The third kappa shape index (κ3) is 3.14. The highest BCUT2D eigenvalue weighted by molar-refractivity contribution is 7.15. The molecule has 0 unspecified atom stereocenters.